The van der Waals surface area contributed by atoms with Gasteiger partial charge in [-0.3, -0.25) is 4.79 Å². The normalized spacial score (nSPS) is 12.4. The molecule has 0 radical (unpaired) electrons. The van der Waals surface area contributed by atoms with Crippen molar-refractivity contribution in [3.8, 4) is 0 Å². The van der Waals surface area contributed by atoms with Crippen LogP contribution >= 0.6 is 0 Å². The van der Waals surface area contributed by atoms with E-state index in [1.165, 1.54) is 0 Å². The molecular formula is C15H23N3O4. The van der Waals surface area contributed by atoms with Crippen LogP contribution in [-0.4, -0.2) is 35.3 Å². The maximum absolute atomic E-state index is 11.9. The summed E-state index contributed by atoms with van der Waals surface area (Å²) in [6, 6.07) is 5.82. The first-order valence-corrected chi connectivity index (χ1v) is 6.94. The summed E-state index contributed by atoms with van der Waals surface area (Å²) in [5, 5.41) is 14.0. The molecule has 1 aromatic carbocycles. The Kier molecular flexibility index (Phi) is 6.33. The van der Waals surface area contributed by atoms with Gasteiger partial charge in [0.1, 0.15) is 11.6 Å². The lowest BCUT2D eigenvalue weighted by Gasteiger charge is -2.20. The molecule has 0 aliphatic carbocycles. The SMILES string of the molecule is CC(C)(C)OC(=O)NC[C@H](N)C(=O)Nc1ccc(CO)cc1. The lowest BCUT2D eigenvalue weighted by molar-refractivity contribution is -0.117. The molecule has 0 spiro atoms. The van der Waals surface area contributed by atoms with Crippen molar-refractivity contribution in [3.63, 3.8) is 0 Å². The maximum Gasteiger partial charge on any atom is 0.407 e. The van der Waals surface area contributed by atoms with E-state index < -0.39 is 23.6 Å². The molecule has 7 nitrogen and oxygen atoms in total. The van der Waals surface area contributed by atoms with Crippen molar-refractivity contribution in [2.24, 2.45) is 5.73 Å². The molecule has 2 amide bonds. The number of carbonyl (C=O) groups excluding carboxylic acids is 2. The highest BCUT2D eigenvalue weighted by Crippen LogP contribution is 2.10. The number of amides is 2. The summed E-state index contributed by atoms with van der Waals surface area (Å²) in [7, 11) is 0. The molecule has 7 heteroatoms. The van der Waals surface area contributed by atoms with Gasteiger partial charge in [-0.2, -0.15) is 0 Å². The fourth-order valence-electron chi connectivity index (χ4n) is 1.53. The maximum atomic E-state index is 11.9. The highest BCUT2D eigenvalue weighted by molar-refractivity contribution is 5.95. The number of carbonyl (C=O) groups is 2. The average molecular weight is 309 g/mol. The molecule has 0 saturated carbocycles. The van der Waals surface area contributed by atoms with Crippen LogP contribution in [0.25, 0.3) is 0 Å². The molecule has 122 valence electrons. The number of aliphatic hydroxyl groups excluding tert-OH is 1. The number of alkyl carbamates (subject to hydrolysis) is 1. The summed E-state index contributed by atoms with van der Waals surface area (Å²) in [6.07, 6.45) is -0.622. The summed E-state index contributed by atoms with van der Waals surface area (Å²) in [5.74, 6) is -0.423. The molecule has 0 aliphatic rings. The molecule has 0 fully saturated rings. The van der Waals surface area contributed by atoms with Gasteiger partial charge in [0.2, 0.25) is 5.91 Å². The van der Waals surface area contributed by atoms with E-state index in [2.05, 4.69) is 10.6 Å². The third-order valence-corrected chi connectivity index (χ3v) is 2.61. The molecule has 0 aromatic heterocycles. The zero-order valence-electron chi connectivity index (χ0n) is 13.1. The van der Waals surface area contributed by atoms with Gasteiger partial charge >= 0.3 is 6.09 Å². The van der Waals surface area contributed by atoms with Gasteiger partial charge in [-0.05, 0) is 38.5 Å². The van der Waals surface area contributed by atoms with Crippen molar-refractivity contribution >= 4 is 17.7 Å². The van der Waals surface area contributed by atoms with Gasteiger partial charge in [-0.15, -0.1) is 0 Å². The summed E-state index contributed by atoms with van der Waals surface area (Å²) in [6.45, 7) is 5.14. The van der Waals surface area contributed by atoms with E-state index in [9.17, 15) is 9.59 Å². The van der Waals surface area contributed by atoms with Crippen LogP contribution in [0.5, 0.6) is 0 Å². The predicted molar refractivity (Wildman–Crippen MR) is 83.2 cm³/mol. The Labute approximate surface area is 129 Å². The minimum atomic E-state index is -0.898. The van der Waals surface area contributed by atoms with Crippen molar-refractivity contribution in [2.75, 3.05) is 11.9 Å². The van der Waals surface area contributed by atoms with Crippen molar-refractivity contribution < 1.29 is 19.4 Å². The monoisotopic (exact) mass is 309 g/mol. The summed E-state index contributed by atoms with van der Waals surface area (Å²) >= 11 is 0. The van der Waals surface area contributed by atoms with Crippen LogP contribution in [-0.2, 0) is 16.1 Å². The molecule has 0 saturated heterocycles. The van der Waals surface area contributed by atoms with Crippen LogP contribution in [0, 0.1) is 0 Å². The third kappa shape index (κ3) is 6.55. The average Bonchev–Trinajstić information content (AvgIpc) is 2.43. The third-order valence-electron chi connectivity index (χ3n) is 2.61. The fourth-order valence-corrected chi connectivity index (χ4v) is 1.53. The van der Waals surface area contributed by atoms with E-state index in [-0.39, 0.29) is 13.2 Å². The van der Waals surface area contributed by atoms with Crippen LogP contribution in [0.15, 0.2) is 24.3 Å². The summed E-state index contributed by atoms with van der Waals surface area (Å²) in [5.41, 5.74) is 6.41. The van der Waals surface area contributed by atoms with Gasteiger partial charge in [0.15, 0.2) is 0 Å². The first kappa shape index (κ1) is 17.9. The molecule has 0 heterocycles. The van der Waals surface area contributed by atoms with Crippen LogP contribution in [0.4, 0.5) is 10.5 Å². The quantitative estimate of drug-likeness (QED) is 0.647. The Bertz CT molecular complexity index is 509. The number of ether oxygens (including phenoxy) is 1. The van der Waals surface area contributed by atoms with E-state index in [1.54, 1.807) is 45.0 Å². The Hall–Kier alpha value is -2.12. The van der Waals surface area contributed by atoms with Crippen molar-refractivity contribution in [2.45, 2.75) is 39.0 Å². The number of benzene rings is 1. The number of hydrogen-bond donors (Lipinski definition) is 4. The second kappa shape index (κ2) is 7.77. The van der Waals surface area contributed by atoms with E-state index in [1.807, 2.05) is 0 Å². The van der Waals surface area contributed by atoms with E-state index >= 15 is 0 Å². The van der Waals surface area contributed by atoms with Crippen LogP contribution in [0.3, 0.4) is 0 Å². The first-order chi connectivity index (χ1) is 10.2. The second-order valence-electron chi connectivity index (χ2n) is 5.83. The molecule has 0 unspecified atom stereocenters. The van der Waals surface area contributed by atoms with Gasteiger partial charge in [-0.25, -0.2) is 4.79 Å². The lowest BCUT2D eigenvalue weighted by Crippen LogP contribution is -2.46. The molecule has 1 atom stereocenters. The largest absolute Gasteiger partial charge is 0.444 e. The van der Waals surface area contributed by atoms with Gasteiger partial charge < -0.3 is 26.2 Å². The van der Waals surface area contributed by atoms with Gasteiger partial charge in [-0.1, -0.05) is 12.1 Å². The van der Waals surface area contributed by atoms with E-state index in [4.69, 9.17) is 15.6 Å². The molecule has 1 rings (SSSR count). The Morgan fingerprint density at radius 1 is 1.27 bits per heavy atom. The fraction of sp³-hybridized carbons (Fsp3) is 0.467. The highest BCUT2D eigenvalue weighted by Gasteiger charge is 2.19. The minimum Gasteiger partial charge on any atom is -0.444 e. The number of rotatable bonds is 5. The van der Waals surface area contributed by atoms with Gasteiger partial charge in [0, 0.05) is 12.2 Å². The van der Waals surface area contributed by atoms with Crippen LogP contribution in [0.2, 0.25) is 0 Å². The molecule has 0 aliphatic heterocycles. The highest BCUT2D eigenvalue weighted by atomic mass is 16.6. The summed E-state index contributed by atoms with van der Waals surface area (Å²) in [4.78, 5) is 23.4. The van der Waals surface area contributed by atoms with Crippen molar-refractivity contribution in [3.05, 3.63) is 29.8 Å². The smallest absolute Gasteiger partial charge is 0.407 e. The first-order valence-electron chi connectivity index (χ1n) is 6.94. The zero-order chi connectivity index (χ0) is 16.8. The Morgan fingerprint density at radius 3 is 2.36 bits per heavy atom. The number of anilines is 1. The number of nitrogens with two attached hydrogens (primary N) is 1. The molecule has 0 bridgehead atoms. The number of hydrogen-bond acceptors (Lipinski definition) is 5. The topological polar surface area (TPSA) is 114 Å². The minimum absolute atomic E-state index is 0.0323. The molecule has 22 heavy (non-hydrogen) atoms. The molecule has 5 N–H and O–H groups in total. The zero-order valence-corrected chi connectivity index (χ0v) is 13.1. The Balaban J connectivity index is 2.42. The summed E-state index contributed by atoms with van der Waals surface area (Å²) < 4.78 is 5.05. The van der Waals surface area contributed by atoms with Gasteiger partial charge in [0.25, 0.3) is 0 Å². The number of nitrogens with one attached hydrogen (secondary N) is 2. The van der Waals surface area contributed by atoms with Crippen molar-refractivity contribution in [1.82, 2.24) is 5.32 Å². The van der Waals surface area contributed by atoms with Crippen LogP contribution in [0.1, 0.15) is 26.3 Å². The standard InChI is InChI=1S/C15H23N3O4/c1-15(2,3)22-14(21)17-8-12(16)13(20)18-11-6-4-10(9-19)5-7-11/h4-7,12,19H,8-9,16H2,1-3H3,(H,17,21)(H,18,20)/t12-/m0/s1. The Morgan fingerprint density at radius 2 is 1.86 bits per heavy atom. The van der Waals surface area contributed by atoms with E-state index in [0.29, 0.717) is 5.69 Å². The van der Waals surface area contributed by atoms with Crippen molar-refractivity contribution in [1.29, 1.82) is 0 Å². The molecule has 1 aromatic rings. The predicted octanol–water partition coefficient (Wildman–Crippen LogP) is 0.969. The van der Waals surface area contributed by atoms with Gasteiger partial charge in [0.05, 0.1) is 6.61 Å². The molecular weight excluding hydrogens is 286 g/mol. The number of aliphatic hydroxyl groups is 1. The second-order valence-corrected chi connectivity index (χ2v) is 5.83. The van der Waals surface area contributed by atoms with Crippen LogP contribution < -0.4 is 16.4 Å². The lowest BCUT2D eigenvalue weighted by atomic mass is 10.2. The van der Waals surface area contributed by atoms with E-state index in [0.717, 1.165) is 5.56 Å².